The molecule has 0 amide bonds. The lowest BCUT2D eigenvalue weighted by molar-refractivity contribution is 0.446. The van der Waals surface area contributed by atoms with Crippen LogP contribution in [0.1, 0.15) is 116 Å². The predicted octanol–water partition coefficient (Wildman–Crippen LogP) is 11.0. The number of rotatable bonds is 2. The summed E-state index contributed by atoms with van der Waals surface area (Å²) in [5, 5.41) is 23.2. The Labute approximate surface area is 266 Å². The van der Waals surface area contributed by atoms with E-state index >= 15 is 0 Å². The molecule has 4 aromatic carbocycles. The summed E-state index contributed by atoms with van der Waals surface area (Å²) >= 11 is 0. The first-order chi connectivity index (χ1) is 20.2. The minimum absolute atomic E-state index is 0.0858. The minimum atomic E-state index is -0.227. The first kappa shape index (κ1) is 32.9. The van der Waals surface area contributed by atoms with Gasteiger partial charge in [0.25, 0.3) is 0 Å². The normalized spacial score (nSPS) is 12.5. The average molecular weight is 587 g/mol. The lowest BCUT2D eigenvalue weighted by Gasteiger charge is -2.28. The van der Waals surface area contributed by atoms with Crippen LogP contribution < -0.4 is 0 Å². The van der Waals surface area contributed by atoms with Crippen LogP contribution in [-0.4, -0.2) is 10.2 Å². The van der Waals surface area contributed by atoms with Crippen molar-refractivity contribution in [3.8, 4) is 45.6 Å². The summed E-state index contributed by atoms with van der Waals surface area (Å²) in [6.07, 6.45) is 0. The molecule has 0 fully saturated rings. The van der Waals surface area contributed by atoms with Crippen molar-refractivity contribution in [3.05, 3.63) is 106 Å². The average Bonchev–Trinajstić information content (AvgIpc) is 2.90. The van der Waals surface area contributed by atoms with Gasteiger partial charge in [-0.25, -0.2) is 0 Å². The summed E-state index contributed by atoms with van der Waals surface area (Å²) in [5.74, 6) is 7.51. The van der Waals surface area contributed by atoms with Crippen LogP contribution in [-0.2, 0) is 21.7 Å². The van der Waals surface area contributed by atoms with Gasteiger partial charge < -0.3 is 10.2 Å². The summed E-state index contributed by atoms with van der Waals surface area (Å²) in [6, 6.07) is 24.6. The minimum Gasteiger partial charge on any atom is -0.507 e. The molecule has 0 aromatic heterocycles. The summed E-state index contributed by atoms with van der Waals surface area (Å²) < 4.78 is 0. The van der Waals surface area contributed by atoms with Crippen molar-refractivity contribution in [2.45, 2.75) is 105 Å². The molecule has 4 rings (SSSR count). The van der Waals surface area contributed by atoms with Crippen molar-refractivity contribution in [3.63, 3.8) is 0 Å². The maximum absolute atomic E-state index is 11.6. The van der Waals surface area contributed by atoms with Gasteiger partial charge in [-0.05, 0) is 57.1 Å². The van der Waals surface area contributed by atoms with Crippen molar-refractivity contribution >= 4 is 0 Å². The van der Waals surface area contributed by atoms with E-state index in [0.717, 1.165) is 44.5 Å². The maximum atomic E-state index is 11.6. The second-order valence-electron chi connectivity index (χ2n) is 16.2. The second-order valence-corrected chi connectivity index (χ2v) is 16.2. The number of phenolic OH excluding ortho intramolecular Hbond substituents is 2. The zero-order chi connectivity index (χ0) is 32.8. The van der Waals surface area contributed by atoms with Gasteiger partial charge in [-0.3, -0.25) is 0 Å². The molecule has 0 aliphatic rings. The first-order valence-corrected chi connectivity index (χ1v) is 15.7. The fraction of sp³-hybridized carbons (Fsp3) is 0.381. The van der Waals surface area contributed by atoms with Gasteiger partial charge in [0.2, 0.25) is 0 Å². The summed E-state index contributed by atoms with van der Waals surface area (Å²) in [6.45, 7) is 26.0. The third kappa shape index (κ3) is 6.89. The molecule has 2 N–H and O–H groups in total. The van der Waals surface area contributed by atoms with Crippen molar-refractivity contribution in [2.24, 2.45) is 0 Å². The Morgan fingerprint density at radius 3 is 1.02 bits per heavy atom. The van der Waals surface area contributed by atoms with Gasteiger partial charge in [0.1, 0.15) is 11.5 Å². The lowest BCUT2D eigenvalue weighted by Crippen LogP contribution is -2.17. The number of aromatic hydroxyl groups is 2. The summed E-state index contributed by atoms with van der Waals surface area (Å²) in [7, 11) is 0. The first-order valence-electron chi connectivity index (χ1n) is 15.7. The standard InChI is InChI=1S/C42H50O2/c1-39(2,3)29-23-33(37(43)35(25-29)41(7,8)9)31-19-15-13-17-27(31)21-22-28-18-14-16-20-32(28)34-24-30(40(4,5)6)26-36(38(34)44)42(10,11)12/h13-20,23-26,43-44H,1-12H3. The van der Waals surface area contributed by atoms with Crippen LogP contribution in [0, 0.1) is 11.8 Å². The fourth-order valence-electron chi connectivity index (χ4n) is 5.48. The van der Waals surface area contributed by atoms with Gasteiger partial charge in [0.15, 0.2) is 0 Å². The zero-order valence-corrected chi connectivity index (χ0v) is 28.8. The fourth-order valence-corrected chi connectivity index (χ4v) is 5.48. The molecule has 0 unspecified atom stereocenters. The quantitative estimate of drug-likeness (QED) is 0.229. The van der Waals surface area contributed by atoms with Crippen molar-refractivity contribution in [1.82, 2.24) is 0 Å². The molecule has 0 heterocycles. The van der Waals surface area contributed by atoms with Gasteiger partial charge >= 0.3 is 0 Å². The van der Waals surface area contributed by atoms with Crippen LogP contribution in [0.4, 0.5) is 0 Å². The summed E-state index contributed by atoms with van der Waals surface area (Å²) in [5.41, 5.74) is 8.65. The van der Waals surface area contributed by atoms with Crippen molar-refractivity contribution < 1.29 is 10.2 Å². The largest absolute Gasteiger partial charge is 0.507 e. The van der Waals surface area contributed by atoms with E-state index in [4.69, 9.17) is 0 Å². The third-order valence-corrected chi connectivity index (χ3v) is 8.33. The zero-order valence-electron chi connectivity index (χ0n) is 28.8. The van der Waals surface area contributed by atoms with Gasteiger partial charge in [-0.15, -0.1) is 0 Å². The molecule has 0 spiro atoms. The SMILES string of the molecule is CC(C)(C)c1cc(-c2ccccc2C#Cc2ccccc2-c2cc(C(C)(C)C)cc(C(C)(C)C)c2O)c(O)c(C(C)(C)C)c1. The van der Waals surface area contributed by atoms with Crippen LogP contribution in [0.5, 0.6) is 11.5 Å². The van der Waals surface area contributed by atoms with Crippen LogP contribution in [0.3, 0.4) is 0 Å². The highest BCUT2D eigenvalue weighted by Crippen LogP contribution is 2.44. The number of hydrogen-bond donors (Lipinski definition) is 2. The molecule has 0 aliphatic carbocycles. The highest BCUT2D eigenvalue weighted by Gasteiger charge is 2.27. The van der Waals surface area contributed by atoms with Crippen molar-refractivity contribution in [1.29, 1.82) is 0 Å². The van der Waals surface area contributed by atoms with E-state index in [2.05, 4.69) is 119 Å². The molecule has 44 heavy (non-hydrogen) atoms. The Kier molecular flexibility index (Phi) is 8.62. The Morgan fingerprint density at radius 2 is 0.727 bits per heavy atom. The maximum Gasteiger partial charge on any atom is 0.127 e. The van der Waals surface area contributed by atoms with E-state index in [-0.39, 0.29) is 21.7 Å². The van der Waals surface area contributed by atoms with Crippen LogP contribution in [0.25, 0.3) is 22.3 Å². The van der Waals surface area contributed by atoms with Gasteiger partial charge in [0, 0.05) is 44.5 Å². The predicted molar refractivity (Wildman–Crippen MR) is 188 cm³/mol. The molecule has 0 bridgehead atoms. The molecule has 0 radical (unpaired) electrons. The molecule has 4 aromatic rings. The van der Waals surface area contributed by atoms with Crippen LogP contribution in [0.2, 0.25) is 0 Å². The monoisotopic (exact) mass is 586 g/mol. The summed E-state index contributed by atoms with van der Waals surface area (Å²) in [4.78, 5) is 0. The Hall–Kier alpha value is -3.96. The molecule has 0 saturated carbocycles. The molecule has 2 nitrogen and oxygen atoms in total. The smallest absolute Gasteiger partial charge is 0.127 e. The molecule has 2 heteroatoms. The second kappa shape index (κ2) is 11.5. The van der Waals surface area contributed by atoms with E-state index in [1.165, 1.54) is 11.1 Å². The Bertz CT molecular complexity index is 1620. The number of hydrogen-bond acceptors (Lipinski definition) is 2. The Balaban J connectivity index is 1.94. The molecule has 230 valence electrons. The molecule has 0 aliphatic heterocycles. The third-order valence-electron chi connectivity index (χ3n) is 8.33. The number of phenols is 2. The molecule has 0 saturated heterocycles. The highest BCUT2D eigenvalue weighted by molar-refractivity contribution is 5.81. The topological polar surface area (TPSA) is 40.5 Å². The number of benzene rings is 4. The lowest BCUT2D eigenvalue weighted by atomic mass is 9.77. The van der Waals surface area contributed by atoms with E-state index in [1.807, 2.05) is 48.5 Å². The van der Waals surface area contributed by atoms with E-state index < -0.39 is 0 Å². The van der Waals surface area contributed by atoms with Crippen molar-refractivity contribution in [2.75, 3.05) is 0 Å². The van der Waals surface area contributed by atoms with Crippen LogP contribution >= 0.6 is 0 Å². The van der Waals surface area contributed by atoms with Gasteiger partial charge in [0.05, 0.1) is 0 Å². The van der Waals surface area contributed by atoms with Gasteiger partial charge in [-0.1, -0.05) is 143 Å². The van der Waals surface area contributed by atoms with E-state index in [1.54, 1.807) is 0 Å². The van der Waals surface area contributed by atoms with E-state index in [9.17, 15) is 10.2 Å². The van der Waals surface area contributed by atoms with Crippen LogP contribution in [0.15, 0.2) is 72.8 Å². The highest BCUT2D eigenvalue weighted by atomic mass is 16.3. The Morgan fingerprint density at radius 1 is 0.409 bits per heavy atom. The molecular weight excluding hydrogens is 536 g/mol. The van der Waals surface area contributed by atoms with E-state index in [0.29, 0.717) is 11.5 Å². The molecular formula is C42H50O2. The van der Waals surface area contributed by atoms with Gasteiger partial charge in [-0.2, -0.15) is 0 Å². The molecule has 0 atom stereocenters.